The molecular formula is C13H20OS. The van der Waals surface area contributed by atoms with E-state index in [0.29, 0.717) is 0 Å². The zero-order valence-electron chi connectivity index (χ0n) is 9.79. The van der Waals surface area contributed by atoms with Crippen molar-refractivity contribution in [1.82, 2.24) is 0 Å². The van der Waals surface area contributed by atoms with E-state index in [4.69, 9.17) is 4.74 Å². The maximum absolute atomic E-state index is 5.76. The van der Waals surface area contributed by atoms with Crippen LogP contribution in [0.1, 0.15) is 32.8 Å². The van der Waals surface area contributed by atoms with Gasteiger partial charge in [-0.1, -0.05) is 39.0 Å². The molecule has 15 heavy (non-hydrogen) atoms. The van der Waals surface area contributed by atoms with Gasteiger partial charge in [0.05, 0.1) is 6.61 Å². The van der Waals surface area contributed by atoms with Gasteiger partial charge in [-0.15, -0.1) is 0 Å². The molecule has 0 N–H and O–H groups in total. The highest BCUT2D eigenvalue weighted by molar-refractivity contribution is 7.80. The molecule has 1 aromatic rings. The average Bonchev–Trinajstić information content (AvgIpc) is 2.17. The van der Waals surface area contributed by atoms with E-state index >= 15 is 0 Å². The number of benzene rings is 1. The quantitative estimate of drug-likeness (QED) is 0.606. The van der Waals surface area contributed by atoms with Crippen molar-refractivity contribution in [3.63, 3.8) is 0 Å². The van der Waals surface area contributed by atoms with Crippen LogP contribution in [0, 0.1) is 0 Å². The molecule has 0 unspecified atom stereocenters. The molecule has 2 heteroatoms. The summed E-state index contributed by atoms with van der Waals surface area (Å²) in [5.41, 5.74) is 1.40. The predicted octanol–water partition coefficient (Wildman–Crippen LogP) is 3.68. The van der Waals surface area contributed by atoms with E-state index in [0.717, 1.165) is 24.5 Å². The number of rotatable bonds is 4. The Balaban J connectivity index is 2.78. The van der Waals surface area contributed by atoms with Gasteiger partial charge in [0.1, 0.15) is 5.75 Å². The molecule has 0 atom stereocenters. The van der Waals surface area contributed by atoms with Crippen LogP contribution in [0.2, 0.25) is 0 Å². The summed E-state index contributed by atoms with van der Waals surface area (Å²) < 4.78 is 5.76. The van der Waals surface area contributed by atoms with E-state index in [2.05, 4.69) is 45.5 Å². The highest BCUT2D eigenvalue weighted by Crippen LogP contribution is 2.30. The molecule has 84 valence electrons. The maximum Gasteiger partial charge on any atom is 0.123 e. The predicted molar refractivity (Wildman–Crippen MR) is 69.1 cm³/mol. The fourth-order valence-corrected chi connectivity index (χ4v) is 1.59. The van der Waals surface area contributed by atoms with E-state index in [1.807, 2.05) is 12.1 Å². The van der Waals surface area contributed by atoms with E-state index < -0.39 is 0 Å². The lowest BCUT2D eigenvalue weighted by Crippen LogP contribution is -2.13. The zero-order valence-corrected chi connectivity index (χ0v) is 10.7. The zero-order chi connectivity index (χ0) is 11.3. The summed E-state index contributed by atoms with van der Waals surface area (Å²) in [5, 5.41) is 0. The minimum absolute atomic E-state index is 0.136. The Morgan fingerprint density at radius 1 is 1.20 bits per heavy atom. The lowest BCUT2D eigenvalue weighted by atomic mass is 9.86. The molecule has 0 aliphatic rings. The first-order valence-electron chi connectivity index (χ1n) is 5.39. The van der Waals surface area contributed by atoms with Crippen molar-refractivity contribution in [3.05, 3.63) is 29.8 Å². The van der Waals surface area contributed by atoms with Crippen LogP contribution in [0.15, 0.2) is 24.3 Å². The molecule has 0 saturated carbocycles. The molecule has 0 aromatic heterocycles. The van der Waals surface area contributed by atoms with E-state index in [1.54, 1.807) is 0 Å². The highest BCUT2D eigenvalue weighted by Gasteiger charge is 2.17. The first-order valence-corrected chi connectivity index (χ1v) is 6.02. The summed E-state index contributed by atoms with van der Waals surface area (Å²) in [4.78, 5) is 0. The number of hydrogen-bond acceptors (Lipinski definition) is 2. The second kappa shape index (κ2) is 5.45. The van der Waals surface area contributed by atoms with Crippen LogP contribution in [0.3, 0.4) is 0 Å². The largest absolute Gasteiger partial charge is 0.493 e. The normalized spacial score (nSPS) is 11.5. The Morgan fingerprint density at radius 3 is 2.47 bits per heavy atom. The van der Waals surface area contributed by atoms with Gasteiger partial charge < -0.3 is 4.74 Å². The van der Waals surface area contributed by atoms with Crippen LogP contribution in [0.5, 0.6) is 5.75 Å². The van der Waals surface area contributed by atoms with Crippen molar-refractivity contribution >= 4 is 12.6 Å². The van der Waals surface area contributed by atoms with Crippen molar-refractivity contribution in [2.75, 3.05) is 12.4 Å². The van der Waals surface area contributed by atoms with Crippen LogP contribution in [-0.4, -0.2) is 12.4 Å². The van der Waals surface area contributed by atoms with Gasteiger partial charge in [-0.2, -0.15) is 12.6 Å². The maximum atomic E-state index is 5.76. The third kappa shape index (κ3) is 3.78. The lowest BCUT2D eigenvalue weighted by Gasteiger charge is -2.22. The Morgan fingerprint density at radius 2 is 1.87 bits per heavy atom. The first kappa shape index (κ1) is 12.4. The molecule has 1 rings (SSSR count). The summed E-state index contributed by atoms with van der Waals surface area (Å²) in [6.45, 7) is 7.35. The summed E-state index contributed by atoms with van der Waals surface area (Å²) >= 11 is 4.17. The molecule has 0 spiro atoms. The van der Waals surface area contributed by atoms with Crippen LogP contribution in [0.4, 0.5) is 0 Å². The third-order valence-corrected chi connectivity index (χ3v) is 2.57. The summed E-state index contributed by atoms with van der Waals surface area (Å²) in [5.74, 6) is 1.88. The van der Waals surface area contributed by atoms with Gasteiger partial charge in [0.2, 0.25) is 0 Å². The summed E-state index contributed by atoms with van der Waals surface area (Å²) in [6, 6.07) is 8.26. The highest BCUT2D eigenvalue weighted by atomic mass is 32.1. The molecule has 0 radical (unpaired) electrons. The van der Waals surface area contributed by atoms with Crippen molar-refractivity contribution < 1.29 is 4.74 Å². The second-order valence-corrected chi connectivity index (χ2v) is 5.12. The molecule has 0 heterocycles. The Kier molecular flexibility index (Phi) is 4.52. The fourth-order valence-electron chi connectivity index (χ4n) is 1.46. The topological polar surface area (TPSA) is 9.23 Å². The molecule has 0 saturated heterocycles. The van der Waals surface area contributed by atoms with E-state index in [1.165, 1.54) is 5.56 Å². The SMILES string of the molecule is CC(C)(C)c1ccccc1OCCCS. The van der Waals surface area contributed by atoms with Crippen molar-refractivity contribution in [2.45, 2.75) is 32.6 Å². The van der Waals surface area contributed by atoms with Crippen molar-refractivity contribution in [3.8, 4) is 5.75 Å². The van der Waals surface area contributed by atoms with Crippen LogP contribution in [-0.2, 0) is 5.41 Å². The van der Waals surface area contributed by atoms with Crippen LogP contribution >= 0.6 is 12.6 Å². The molecule has 1 aromatic carbocycles. The van der Waals surface area contributed by atoms with Gasteiger partial charge >= 0.3 is 0 Å². The standard InChI is InChI=1S/C13H20OS/c1-13(2,3)11-7-4-5-8-12(11)14-9-6-10-15/h4-5,7-8,15H,6,9-10H2,1-3H3. The number of hydrogen-bond donors (Lipinski definition) is 1. The average molecular weight is 224 g/mol. The van der Waals surface area contributed by atoms with Gasteiger partial charge in [-0.05, 0) is 29.2 Å². The molecular weight excluding hydrogens is 204 g/mol. The van der Waals surface area contributed by atoms with Crippen LogP contribution < -0.4 is 4.74 Å². The molecule has 0 bridgehead atoms. The third-order valence-electron chi connectivity index (χ3n) is 2.26. The van der Waals surface area contributed by atoms with Gasteiger partial charge in [0.25, 0.3) is 0 Å². The van der Waals surface area contributed by atoms with Crippen molar-refractivity contribution in [2.24, 2.45) is 0 Å². The molecule has 0 aliphatic heterocycles. The summed E-state index contributed by atoms with van der Waals surface area (Å²) in [7, 11) is 0. The molecule has 0 amide bonds. The van der Waals surface area contributed by atoms with Gasteiger partial charge in [-0.25, -0.2) is 0 Å². The Labute approximate surface area is 98.3 Å². The monoisotopic (exact) mass is 224 g/mol. The van der Waals surface area contributed by atoms with Crippen molar-refractivity contribution in [1.29, 1.82) is 0 Å². The minimum atomic E-state index is 0.136. The number of ether oxygens (including phenoxy) is 1. The summed E-state index contributed by atoms with van der Waals surface area (Å²) in [6.07, 6.45) is 0.988. The van der Waals surface area contributed by atoms with Gasteiger partial charge in [0.15, 0.2) is 0 Å². The minimum Gasteiger partial charge on any atom is -0.493 e. The number of thiol groups is 1. The van der Waals surface area contributed by atoms with Gasteiger partial charge in [-0.3, -0.25) is 0 Å². The fraction of sp³-hybridized carbons (Fsp3) is 0.538. The Hall–Kier alpha value is -0.630. The molecule has 0 fully saturated rings. The smallest absolute Gasteiger partial charge is 0.123 e. The Bertz CT molecular complexity index is 302. The van der Waals surface area contributed by atoms with E-state index in [-0.39, 0.29) is 5.41 Å². The molecule has 0 aliphatic carbocycles. The second-order valence-electron chi connectivity index (χ2n) is 4.67. The lowest BCUT2D eigenvalue weighted by molar-refractivity contribution is 0.310. The van der Waals surface area contributed by atoms with Gasteiger partial charge in [0, 0.05) is 0 Å². The molecule has 1 nitrogen and oxygen atoms in total. The van der Waals surface area contributed by atoms with E-state index in [9.17, 15) is 0 Å². The number of para-hydroxylation sites is 1. The first-order chi connectivity index (χ1) is 7.05. The van der Waals surface area contributed by atoms with Crippen LogP contribution in [0.25, 0.3) is 0 Å².